The summed E-state index contributed by atoms with van der Waals surface area (Å²) in [5.74, 6) is 0.0572. The van der Waals surface area contributed by atoms with E-state index in [1.54, 1.807) is 0 Å². The van der Waals surface area contributed by atoms with Gasteiger partial charge in [0.1, 0.15) is 0 Å². The fourth-order valence-electron chi connectivity index (χ4n) is 2.77. The molecule has 0 saturated heterocycles. The average molecular weight is 339 g/mol. The van der Waals surface area contributed by atoms with Crippen LogP contribution in [-0.4, -0.2) is 35.4 Å². The maximum atomic E-state index is 12.3. The molecule has 0 bridgehead atoms. The lowest BCUT2D eigenvalue weighted by Gasteiger charge is -2.24. The Bertz CT molecular complexity index is 727. The average Bonchev–Trinajstić information content (AvgIpc) is 2.58. The highest BCUT2D eigenvalue weighted by Crippen LogP contribution is 2.18. The van der Waals surface area contributed by atoms with Crippen LogP contribution in [0.1, 0.15) is 35.7 Å². The van der Waals surface area contributed by atoms with Gasteiger partial charge in [-0.3, -0.25) is 9.78 Å². The van der Waals surface area contributed by atoms with E-state index in [9.17, 15) is 4.79 Å². The predicted molar refractivity (Wildman–Crippen MR) is 104 cm³/mol. The summed E-state index contributed by atoms with van der Waals surface area (Å²) >= 11 is 0. The zero-order valence-electron chi connectivity index (χ0n) is 16.0. The molecule has 4 nitrogen and oxygen atoms in total. The van der Waals surface area contributed by atoms with E-state index in [2.05, 4.69) is 55.2 Å². The molecular weight excluding hydrogens is 310 g/mol. The minimum absolute atomic E-state index is 0.0572. The molecule has 0 radical (unpaired) electrons. The standard InChI is InChI=1S/C21H29N3O/c1-15-8-6-10-19(18(15)4)23-21(25)11-13-24(5)17(3)14-20-16(2)9-7-12-22-20/h6-10,12,17H,11,13-14H2,1-5H3,(H,23,25)/t17-/m1/s1. The van der Waals surface area contributed by atoms with E-state index in [4.69, 9.17) is 0 Å². The Kier molecular flexibility index (Phi) is 6.71. The molecule has 1 atom stereocenters. The van der Waals surface area contributed by atoms with E-state index in [1.165, 1.54) is 11.1 Å². The Morgan fingerprint density at radius 1 is 1.16 bits per heavy atom. The number of anilines is 1. The van der Waals surface area contributed by atoms with Gasteiger partial charge in [-0.25, -0.2) is 0 Å². The third-order valence-corrected chi connectivity index (χ3v) is 4.93. The molecular formula is C21H29N3O. The first kappa shape index (κ1) is 19.1. The summed E-state index contributed by atoms with van der Waals surface area (Å²) < 4.78 is 0. The van der Waals surface area contributed by atoms with Gasteiger partial charge >= 0.3 is 0 Å². The van der Waals surface area contributed by atoms with E-state index >= 15 is 0 Å². The lowest BCUT2D eigenvalue weighted by molar-refractivity contribution is -0.116. The SMILES string of the molecule is Cc1cccnc1C[C@@H](C)N(C)CCC(=O)Nc1cccc(C)c1C. The topological polar surface area (TPSA) is 45.2 Å². The maximum Gasteiger partial charge on any atom is 0.225 e. The van der Waals surface area contributed by atoms with Crippen molar-refractivity contribution < 1.29 is 4.79 Å². The van der Waals surface area contributed by atoms with Crippen molar-refractivity contribution in [3.63, 3.8) is 0 Å². The van der Waals surface area contributed by atoms with Crippen LogP contribution in [0.25, 0.3) is 0 Å². The second-order valence-corrected chi connectivity index (χ2v) is 6.85. The molecule has 0 saturated carbocycles. The second kappa shape index (κ2) is 8.77. The van der Waals surface area contributed by atoms with Crippen molar-refractivity contribution in [2.24, 2.45) is 0 Å². The number of carbonyl (C=O) groups is 1. The maximum absolute atomic E-state index is 12.3. The molecule has 0 spiro atoms. The molecule has 0 aliphatic heterocycles. The number of hydrogen-bond donors (Lipinski definition) is 1. The van der Waals surface area contributed by atoms with Gasteiger partial charge in [-0.05, 0) is 63.6 Å². The highest BCUT2D eigenvalue weighted by molar-refractivity contribution is 5.91. The van der Waals surface area contributed by atoms with Gasteiger partial charge in [0, 0.05) is 43.0 Å². The van der Waals surface area contributed by atoms with E-state index in [-0.39, 0.29) is 5.91 Å². The number of nitrogens with zero attached hydrogens (tertiary/aromatic N) is 2. The Morgan fingerprint density at radius 3 is 2.60 bits per heavy atom. The van der Waals surface area contributed by atoms with Crippen molar-refractivity contribution in [2.45, 2.75) is 46.6 Å². The predicted octanol–water partition coefficient (Wildman–Crippen LogP) is 3.90. The number of carbonyl (C=O) groups excluding carboxylic acids is 1. The first-order chi connectivity index (χ1) is 11.9. The number of hydrogen-bond acceptors (Lipinski definition) is 3. The summed E-state index contributed by atoms with van der Waals surface area (Å²) in [4.78, 5) is 18.9. The number of nitrogens with one attached hydrogen (secondary N) is 1. The van der Waals surface area contributed by atoms with Crippen LogP contribution >= 0.6 is 0 Å². The van der Waals surface area contributed by atoms with Crippen LogP contribution in [0, 0.1) is 20.8 Å². The van der Waals surface area contributed by atoms with Gasteiger partial charge in [-0.15, -0.1) is 0 Å². The third-order valence-electron chi connectivity index (χ3n) is 4.93. The Balaban J connectivity index is 1.84. The summed E-state index contributed by atoms with van der Waals surface area (Å²) in [7, 11) is 2.06. The minimum atomic E-state index is 0.0572. The molecule has 1 heterocycles. The van der Waals surface area contributed by atoms with Crippen molar-refractivity contribution in [3.05, 3.63) is 58.9 Å². The number of aromatic nitrogens is 1. The van der Waals surface area contributed by atoms with Gasteiger partial charge in [0.2, 0.25) is 5.91 Å². The number of amides is 1. The molecule has 134 valence electrons. The van der Waals surface area contributed by atoms with Gasteiger partial charge in [-0.2, -0.15) is 0 Å². The third kappa shape index (κ3) is 5.40. The van der Waals surface area contributed by atoms with E-state index in [1.807, 2.05) is 31.3 Å². The molecule has 4 heteroatoms. The van der Waals surface area contributed by atoms with Gasteiger partial charge in [0.15, 0.2) is 0 Å². The summed E-state index contributed by atoms with van der Waals surface area (Å²) in [5.41, 5.74) is 5.57. The molecule has 1 amide bonds. The largest absolute Gasteiger partial charge is 0.326 e. The second-order valence-electron chi connectivity index (χ2n) is 6.85. The molecule has 0 unspecified atom stereocenters. The number of rotatable bonds is 7. The molecule has 2 rings (SSSR count). The zero-order chi connectivity index (χ0) is 18.4. The number of likely N-dealkylation sites (N-methyl/N-ethyl adjacent to an activating group) is 1. The lowest BCUT2D eigenvalue weighted by atomic mass is 10.1. The van der Waals surface area contributed by atoms with Crippen LogP contribution in [0.3, 0.4) is 0 Å². The molecule has 25 heavy (non-hydrogen) atoms. The van der Waals surface area contributed by atoms with Crippen molar-refractivity contribution in [3.8, 4) is 0 Å². The molecule has 1 aromatic heterocycles. The zero-order valence-corrected chi connectivity index (χ0v) is 16.0. The van der Waals surface area contributed by atoms with Crippen molar-refractivity contribution in [1.82, 2.24) is 9.88 Å². The minimum Gasteiger partial charge on any atom is -0.326 e. The van der Waals surface area contributed by atoms with E-state index < -0.39 is 0 Å². The molecule has 2 aromatic rings. The first-order valence-electron chi connectivity index (χ1n) is 8.85. The Labute approximate surface area is 151 Å². The number of pyridine rings is 1. The normalized spacial score (nSPS) is 12.2. The first-order valence-corrected chi connectivity index (χ1v) is 8.85. The van der Waals surface area contributed by atoms with Crippen LogP contribution < -0.4 is 5.32 Å². The number of aryl methyl sites for hydroxylation is 2. The highest BCUT2D eigenvalue weighted by Gasteiger charge is 2.14. The van der Waals surface area contributed by atoms with Gasteiger partial charge in [0.05, 0.1) is 0 Å². The van der Waals surface area contributed by atoms with Gasteiger partial charge < -0.3 is 10.2 Å². The molecule has 1 N–H and O–H groups in total. The molecule has 0 aliphatic carbocycles. The summed E-state index contributed by atoms with van der Waals surface area (Å²) in [6.45, 7) is 9.08. The van der Waals surface area contributed by atoms with E-state index in [0.717, 1.165) is 29.9 Å². The smallest absolute Gasteiger partial charge is 0.225 e. The van der Waals surface area contributed by atoms with Crippen LogP contribution in [0.2, 0.25) is 0 Å². The van der Waals surface area contributed by atoms with Crippen molar-refractivity contribution in [2.75, 3.05) is 18.9 Å². The molecule has 1 aromatic carbocycles. The van der Waals surface area contributed by atoms with E-state index in [0.29, 0.717) is 12.5 Å². The lowest BCUT2D eigenvalue weighted by Crippen LogP contribution is -2.34. The van der Waals surface area contributed by atoms with Crippen LogP contribution in [-0.2, 0) is 11.2 Å². The molecule has 0 fully saturated rings. The highest BCUT2D eigenvalue weighted by atomic mass is 16.1. The summed E-state index contributed by atoms with van der Waals surface area (Å²) in [5, 5.41) is 3.03. The summed E-state index contributed by atoms with van der Waals surface area (Å²) in [6.07, 6.45) is 3.21. The van der Waals surface area contributed by atoms with Gasteiger partial charge in [0.25, 0.3) is 0 Å². The Morgan fingerprint density at radius 2 is 1.88 bits per heavy atom. The van der Waals surface area contributed by atoms with Gasteiger partial charge in [-0.1, -0.05) is 18.2 Å². The van der Waals surface area contributed by atoms with Crippen LogP contribution in [0.5, 0.6) is 0 Å². The van der Waals surface area contributed by atoms with Crippen LogP contribution in [0.4, 0.5) is 5.69 Å². The molecule has 0 aliphatic rings. The monoisotopic (exact) mass is 339 g/mol. The van der Waals surface area contributed by atoms with Crippen molar-refractivity contribution in [1.29, 1.82) is 0 Å². The summed E-state index contributed by atoms with van der Waals surface area (Å²) in [6, 6.07) is 10.4. The Hall–Kier alpha value is -2.20. The number of benzene rings is 1. The van der Waals surface area contributed by atoms with Crippen molar-refractivity contribution >= 4 is 11.6 Å². The fourth-order valence-corrected chi connectivity index (χ4v) is 2.77. The fraction of sp³-hybridized carbons (Fsp3) is 0.429. The quantitative estimate of drug-likeness (QED) is 0.832. The van der Waals surface area contributed by atoms with Crippen LogP contribution in [0.15, 0.2) is 36.5 Å².